The fourth-order valence-corrected chi connectivity index (χ4v) is 1.90. The highest BCUT2D eigenvalue weighted by molar-refractivity contribution is 5.34. The Balaban J connectivity index is 2.40. The van der Waals surface area contributed by atoms with Crippen LogP contribution in [0.15, 0.2) is 36.5 Å². The number of alkyl halides is 3. The third-order valence-electron chi connectivity index (χ3n) is 2.96. The molecule has 0 spiro atoms. The van der Waals surface area contributed by atoms with Crippen molar-refractivity contribution in [2.75, 3.05) is 0 Å². The molecule has 0 saturated carbocycles. The van der Waals surface area contributed by atoms with Crippen LogP contribution in [0.2, 0.25) is 0 Å². The van der Waals surface area contributed by atoms with Gasteiger partial charge in [0.2, 0.25) is 0 Å². The number of aryl methyl sites for hydroxylation is 1. The van der Waals surface area contributed by atoms with Crippen molar-refractivity contribution in [2.24, 2.45) is 0 Å². The lowest BCUT2D eigenvalue weighted by Crippen LogP contribution is -2.10. The van der Waals surface area contributed by atoms with E-state index in [9.17, 15) is 22.7 Å². The van der Waals surface area contributed by atoms with Gasteiger partial charge in [-0.15, -0.1) is 0 Å². The Morgan fingerprint density at radius 2 is 1.90 bits per heavy atom. The number of aromatic nitrogens is 1. The summed E-state index contributed by atoms with van der Waals surface area (Å²) in [5, 5.41) is 10.1. The lowest BCUT2D eigenvalue weighted by molar-refractivity contribution is -0.140. The van der Waals surface area contributed by atoms with Crippen molar-refractivity contribution in [1.82, 2.24) is 4.98 Å². The number of rotatable bonds is 2. The third kappa shape index (κ3) is 2.80. The maximum atomic E-state index is 13.5. The van der Waals surface area contributed by atoms with Gasteiger partial charge in [0.1, 0.15) is 11.9 Å². The monoisotopic (exact) mass is 285 g/mol. The summed E-state index contributed by atoms with van der Waals surface area (Å²) in [6.45, 7) is 1.65. The fraction of sp³-hybridized carbons (Fsp3) is 0.214. The van der Waals surface area contributed by atoms with E-state index in [1.807, 2.05) is 0 Å². The molecule has 1 N–H and O–H groups in total. The molecule has 6 heteroatoms. The van der Waals surface area contributed by atoms with Crippen LogP contribution in [0.1, 0.15) is 28.5 Å². The molecule has 0 radical (unpaired) electrons. The van der Waals surface area contributed by atoms with Crippen molar-refractivity contribution in [3.05, 3.63) is 64.7 Å². The summed E-state index contributed by atoms with van der Waals surface area (Å²) in [5.74, 6) is -1.41. The van der Waals surface area contributed by atoms with E-state index in [0.29, 0.717) is 23.4 Å². The van der Waals surface area contributed by atoms with Crippen LogP contribution in [0.4, 0.5) is 17.6 Å². The highest BCUT2D eigenvalue weighted by Gasteiger charge is 2.34. The fourth-order valence-electron chi connectivity index (χ4n) is 1.90. The standard InChI is InChI=1S/C14H11F4NO/c1-8-10(3-2-6-19-8)13(20)9-4-5-11(12(15)7-9)14(16,17)18/h2-7,13,20H,1H3. The average molecular weight is 285 g/mol. The molecule has 106 valence electrons. The molecule has 1 unspecified atom stereocenters. The summed E-state index contributed by atoms with van der Waals surface area (Å²) in [6, 6.07) is 5.55. The van der Waals surface area contributed by atoms with Gasteiger partial charge in [-0.05, 0) is 30.7 Å². The van der Waals surface area contributed by atoms with Gasteiger partial charge >= 0.3 is 6.18 Å². The molecule has 1 heterocycles. The summed E-state index contributed by atoms with van der Waals surface area (Å²) >= 11 is 0. The molecular formula is C14H11F4NO. The summed E-state index contributed by atoms with van der Waals surface area (Å²) in [4.78, 5) is 3.97. The Kier molecular flexibility index (Phi) is 3.76. The SMILES string of the molecule is Cc1ncccc1C(O)c1ccc(C(F)(F)F)c(F)c1. The molecule has 0 aliphatic rings. The number of benzene rings is 1. The first-order chi connectivity index (χ1) is 9.30. The van der Waals surface area contributed by atoms with E-state index in [2.05, 4.69) is 4.98 Å². The maximum Gasteiger partial charge on any atom is 0.419 e. The van der Waals surface area contributed by atoms with Crippen molar-refractivity contribution in [3.8, 4) is 0 Å². The minimum atomic E-state index is -4.75. The molecule has 1 aromatic carbocycles. The number of aliphatic hydroxyl groups excluding tert-OH is 1. The average Bonchev–Trinajstić information content (AvgIpc) is 2.37. The van der Waals surface area contributed by atoms with E-state index in [1.54, 1.807) is 19.1 Å². The molecule has 2 aromatic rings. The number of aliphatic hydroxyl groups is 1. The normalized spacial score (nSPS) is 13.3. The van der Waals surface area contributed by atoms with Gasteiger partial charge in [-0.1, -0.05) is 12.1 Å². The molecule has 0 amide bonds. The first kappa shape index (κ1) is 14.5. The Morgan fingerprint density at radius 1 is 1.20 bits per heavy atom. The molecule has 0 saturated heterocycles. The molecule has 1 atom stereocenters. The Bertz CT molecular complexity index is 625. The minimum Gasteiger partial charge on any atom is -0.384 e. The number of hydrogen-bond donors (Lipinski definition) is 1. The van der Waals surface area contributed by atoms with Crippen LogP contribution >= 0.6 is 0 Å². The van der Waals surface area contributed by atoms with Crippen molar-refractivity contribution >= 4 is 0 Å². The summed E-state index contributed by atoms with van der Waals surface area (Å²) in [5.41, 5.74) is -0.352. The molecule has 0 aliphatic heterocycles. The van der Waals surface area contributed by atoms with E-state index in [-0.39, 0.29) is 5.56 Å². The first-order valence-corrected chi connectivity index (χ1v) is 5.77. The van der Waals surface area contributed by atoms with Gasteiger partial charge in [-0.3, -0.25) is 4.98 Å². The summed E-state index contributed by atoms with van der Waals surface area (Å²) in [6.07, 6.45) is -4.45. The molecule has 20 heavy (non-hydrogen) atoms. The number of nitrogens with zero attached hydrogens (tertiary/aromatic N) is 1. The van der Waals surface area contributed by atoms with Crippen LogP contribution in [0, 0.1) is 12.7 Å². The highest BCUT2D eigenvalue weighted by atomic mass is 19.4. The van der Waals surface area contributed by atoms with Crippen molar-refractivity contribution < 1.29 is 22.7 Å². The van der Waals surface area contributed by atoms with Crippen LogP contribution in [0.25, 0.3) is 0 Å². The second-order valence-electron chi connectivity index (χ2n) is 4.32. The largest absolute Gasteiger partial charge is 0.419 e. The number of pyridine rings is 1. The topological polar surface area (TPSA) is 33.1 Å². The Hall–Kier alpha value is -1.95. The molecule has 0 fully saturated rings. The number of hydrogen-bond acceptors (Lipinski definition) is 2. The number of halogens is 4. The first-order valence-electron chi connectivity index (χ1n) is 5.77. The van der Waals surface area contributed by atoms with Gasteiger partial charge in [-0.2, -0.15) is 13.2 Å². The molecular weight excluding hydrogens is 274 g/mol. The predicted octanol–water partition coefficient (Wildman–Crippen LogP) is 3.63. The molecule has 0 bridgehead atoms. The van der Waals surface area contributed by atoms with Crippen LogP contribution in [-0.4, -0.2) is 10.1 Å². The van der Waals surface area contributed by atoms with Crippen LogP contribution in [-0.2, 0) is 6.18 Å². The summed E-state index contributed by atoms with van der Waals surface area (Å²) in [7, 11) is 0. The van der Waals surface area contributed by atoms with Gasteiger partial charge < -0.3 is 5.11 Å². The van der Waals surface area contributed by atoms with Crippen LogP contribution < -0.4 is 0 Å². The van der Waals surface area contributed by atoms with Crippen molar-refractivity contribution in [1.29, 1.82) is 0 Å². The zero-order chi connectivity index (χ0) is 14.9. The quantitative estimate of drug-likeness (QED) is 0.855. The van der Waals surface area contributed by atoms with Gasteiger partial charge in [0.05, 0.1) is 5.56 Å². The maximum absolute atomic E-state index is 13.5. The lowest BCUT2D eigenvalue weighted by Gasteiger charge is -2.15. The predicted molar refractivity (Wildman–Crippen MR) is 64.4 cm³/mol. The van der Waals surface area contributed by atoms with Gasteiger partial charge in [0.25, 0.3) is 0 Å². The van der Waals surface area contributed by atoms with Crippen molar-refractivity contribution in [2.45, 2.75) is 19.2 Å². The zero-order valence-corrected chi connectivity index (χ0v) is 10.4. The Morgan fingerprint density at radius 3 is 2.45 bits per heavy atom. The van der Waals surface area contributed by atoms with E-state index >= 15 is 0 Å². The molecule has 2 rings (SSSR count). The van der Waals surface area contributed by atoms with Gasteiger partial charge in [0.15, 0.2) is 0 Å². The van der Waals surface area contributed by atoms with E-state index < -0.39 is 23.7 Å². The van der Waals surface area contributed by atoms with Crippen LogP contribution in [0.3, 0.4) is 0 Å². The van der Waals surface area contributed by atoms with E-state index in [1.165, 1.54) is 6.20 Å². The van der Waals surface area contributed by atoms with Gasteiger partial charge in [-0.25, -0.2) is 4.39 Å². The highest BCUT2D eigenvalue weighted by Crippen LogP contribution is 2.33. The third-order valence-corrected chi connectivity index (χ3v) is 2.96. The zero-order valence-electron chi connectivity index (χ0n) is 10.4. The molecule has 0 aliphatic carbocycles. The second-order valence-corrected chi connectivity index (χ2v) is 4.32. The van der Waals surface area contributed by atoms with E-state index in [4.69, 9.17) is 0 Å². The second kappa shape index (κ2) is 5.20. The van der Waals surface area contributed by atoms with Crippen LogP contribution in [0.5, 0.6) is 0 Å². The van der Waals surface area contributed by atoms with E-state index in [0.717, 1.165) is 6.07 Å². The van der Waals surface area contributed by atoms with Crippen molar-refractivity contribution in [3.63, 3.8) is 0 Å². The molecule has 1 aromatic heterocycles. The lowest BCUT2D eigenvalue weighted by atomic mass is 9.99. The van der Waals surface area contributed by atoms with Gasteiger partial charge in [0, 0.05) is 17.5 Å². The smallest absolute Gasteiger partial charge is 0.384 e. The Labute approximate surface area is 112 Å². The minimum absolute atomic E-state index is 0.0478. The molecule has 2 nitrogen and oxygen atoms in total. The summed E-state index contributed by atoms with van der Waals surface area (Å²) < 4.78 is 50.8.